The molecule has 1 N–H and O–H groups in total. The molecule has 1 aromatic heterocycles. The molecule has 1 aromatic carbocycles. The Morgan fingerprint density at radius 1 is 1.29 bits per heavy atom. The molecule has 2 fully saturated rings. The zero-order valence-corrected chi connectivity index (χ0v) is 13.0. The minimum Gasteiger partial charge on any atom is -0.309 e. The molecule has 1 heterocycles. The molecule has 0 amide bonds. The molecule has 2 saturated carbocycles. The SMILES string of the molecule is Cc1ccc(-c2nc(C3CC3)c(CNC3CC3)s2)c(F)c1. The van der Waals surface area contributed by atoms with E-state index in [1.54, 1.807) is 17.4 Å². The van der Waals surface area contributed by atoms with E-state index in [2.05, 4.69) is 5.32 Å². The minimum atomic E-state index is -0.159. The first-order valence-corrected chi connectivity index (χ1v) is 8.52. The van der Waals surface area contributed by atoms with Gasteiger partial charge in [-0.25, -0.2) is 9.37 Å². The van der Waals surface area contributed by atoms with Crippen LogP contribution in [0.4, 0.5) is 4.39 Å². The Balaban J connectivity index is 1.66. The van der Waals surface area contributed by atoms with Crippen LogP contribution in [0, 0.1) is 12.7 Å². The van der Waals surface area contributed by atoms with Crippen molar-refractivity contribution in [2.45, 2.75) is 51.1 Å². The predicted octanol–water partition coefficient (Wildman–Crippen LogP) is 4.39. The van der Waals surface area contributed by atoms with Gasteiger partial charge in [0.1, 0.15) is 10.8 Å². The standard InChI is InChI=1S/C17H19FN2S/c1-10-2-7-13(14(18)8-10)17-20-16(11-3-4-11)15(21-17)9-19-12-5-6-12/h2,7-8,11-12,19H,3-6,9H2,1H3. The summed E-state index contributed by atoms with van der Waals surface area (Å²) in [5.74, 6) is 0.451. The quantitative estimate of drug-likeness (QED) is 0.886. The summed E-state index contributed by atoms with van der Waals surface area (Å²) in [7, 11) is 0. The van der Waals surface area contributed by atoms with Gasteiger partial charge in [-0.05, 0) is 50.3 Å². The van der Waals surface area contributed by atoms with Gasteiger partial charge in [0.05, 0.1) is 5.69 Å². The smallest absolute Gasteiger partial charge is 0.133 e. The third-order valence-electron chi connectivity index (χ3n) is 4.18. The van der Waals surface area contributed by atoms with Gasteiger partial charge in [-0.3, -0.25) is 0 Å². The lowest BCUT2D eigenvalue weighted by Crippen LogP contribution is -2.15. The third-order valence-corrected chi connectivity index (χ3v) is 5.28. The molecule has 4 heteroatoms. The van der Waals surface area contributed by atoms with E-state index in [0.717, 1.165) is 17.1 Å². The van der Waals surface area contributed by atoms with Crippen LogP contribution >= 0.6 is 11.3 Å². The molecule has 0 spiro atoms. The Bertz CT molecular complexity index is 671. The number of thiazole rings is 1. The summed E-state index contributed by atoms with van der Waals surface area (Å²) in [5, 5.41) is 4.40. The largest absolute Gasteiger partial charge is 0.309 e. The van der Waals surface area contributed by atoms with Gasteiger partial charge in [0.2, 0.25) is 0 Å². The van der Waals surface area contributed by atoms with Gasteiger partial charge in [0.25, 0.3) is 0 Å². The molecule has 4 rings (SSSR count). The number of nitrogens with zero attached hydrogens (tertiary/aromatic N) is 1. The Morgan fingerprint density at radius 2 is 2.10 bits per heavy atom. The maximum atomic E-state index is 14.2. The van der Waals surface area contributed by atoms with Crippen molar-refractivity contribution in [2.75, 3.05) is 0 Å². The Morgan fingerprint density at radius 3 is 2.76 bits per heavy atom. The highest BCUT2D eigenvalue weighted by Gasteiger charge is 2.31. The second-order valence-corrected chi connectivity index (χ2v) is 7.32. The van der Waals surface area contributed by atoms with Crippen LogP contribution in [0.5, 0.6) is 0 Å². The molecule has 2 aliphatic rings. The highest BCUT2D eigenvalue weighted by Crippen LogP contribution is 2.44. The van der Waals surface area contributed by atoms with Crippen molar-refractivity contribution < 1.29 is 4.39 Å². The number of aryl methyl sites for hydroxylation is 1. The number of aromatic nitrogens is 1. The van der Waals surface area contributed by atoms with Crippen molar-refractivity contribution in [3.63, 3.8) is 0 Å². The second-order valence-electron chi connectivity index (χ2n) is 6.24. The summed E-state index contributed by atoms with van der Waals surface area (Å²) < 4.78 is 14.2. The number of benzene rings is 1. The fraction of sp³-hybridized carbons (Fsp3) is 0.471. The lowest BCUT2D eigenvalue weighted by atomic mass is 10.1. The van der Waals surface area contributed by atoms with E-state index in [0.29, 0.717) is 17.5 Å². The fourth-order valence-corrected chi connectivity index (χ4v) is 3.72. The number of nitrogens with one attached hydrogen (secondary N) is 1. The molecule has 0 saturated heterocycles. The van der Waals surface area contributed by atoms with Gasteiger partial charge in [-0.2, -0.15) is 0 Å². The van der Waals surface area contributed by atoms with Crippen LogP contribution in [0.2, 0.25) is 0 Å². The summed E-state index contributed by atoms with van der Waals surface area (Å²) in [6.07, 6.45) is 5.04. The highest BCUT2D eigenvalue weighted by molar-refractivity contribution is 7.15. The molecule has 2 aromatic rings. The molecule has 0 aliphatic heterocycles. The van der Waals surface area contributed by atoms with Crippen LogP contribution in [0.15, 0.2) is 18.2 Å². The van der Waals surface area contributed by atoms with Crippen molar-refractivity contribution in [3.05, 3.63) is 40.2 Å². The normalized spacial score (nSPS) is 18.2. The van der Waals surface area contributed by atoms with Gasteiger partial charge >= 0.3 is 0 Å². The fourth-order valence-electron chi connectivity index (χ4n) is 2.60. The van der Waals surface area contributed by atoms with E-state index in [-0.39, 0.29) is 5.82 Å². The first-order chi connectivity index (χ1) is 10.2. The Hall–Kier alpha value is -1.26. The topological polar surface area (TPSA) is 24.9 Å². The van der Waals surface area contributed by atoms with Crippen LogP contribution in [-0.4, -0.2) is 11.0 Å². The van der Waals surface area contributed by atoms with Crippen LogP contribution in [-0.2, 0) is 6.54 Å². The van der Waals surface area contributed by atoms with Gasteiger partial charge in [0.15, 0.2) is 0 Å². The van der Waals surface area contributed by atoms with Crippen molar-refractivity contribution in [1.29, 1.82) is 0 Å². The molecule has 0 atom stereocenters. The average Bonchev–Trinajstić information content (AvgIpc) is 3.36. The van der Waals surface area contributed by atoms with Gasteiger partial charge in [0, 0.05) is 28.9 Å². The first-order valence-electron chi connectivity index (χ1n) is 7.70. The second kappa shape index (κ2) is 5.18. The Kier molecular flexibility index (Phi) is 3.31. The van der Waals surface area contributed by atoms with Crippen molar-refractivity contribution in [1.82, 2.24) is 10.3 Å². The zero-order valence-electron chi connectivity index (χ0n) is 12.2. The lowest BCUT2D eigenvalue weighted by molar-refractivity contribution is 0.630. The molecule has 0 unspecified atom stereocenters. The number of hydrogen-bond donors (Lipinski definition) is 1. The number of rotatable bonds is 5. The molecule has 0 radical (unpaired) electrons. The van der Waals surface area contributed by atoms with E-state index < -0.39 is 0 Å². The van der Waals surface area contributed by atoms with Crippen molar-refractivity contribution in [3.8, 4) is 10.6 Å². The monoisotopic (exact) mass is 302 g/mol. The molecule has 0 bridgehead atoms. The van der Waals surface area contributed by atoms with E-state index >= 15 is 0 Å². The van der Waals surface area contributed by atoms with Gasteiger partial charge < -0.3 is 5.32 Å². The van der Waals surface area contributed by atoms with Crippen molar-refractivity contribution >= 4 is 11.3 Å². The van der Waals surface area contributed by atoms with Crippen LogP contribution in [0.3, 0.4) is 0 Å². The summed E-state index contributed by atoms with van der Waals surface area (Å²) in [5.41, 5.74) is 2.80. The maximum Gasteiger partial charge on any atom is 0.133 e. The van der Waals surface area contributed by atoms with Crippen LogP contribution < -0.4 is 5.32 Å². The maximum absolute atomic E-state index is 14.2. The third kappa shape index (κ3) is 2.87. The van der Waals surface area contributed by atoms with E-state index in [4.69, 9.17) is 4.98 Å². The van der Waals surface area contributed by atoms with Crippen LogP contribution in [0.1, 0.15) is 47.7 Å². The van der Waals surface area contributed by atoms with E-state index in [1.807, 2.05) is 19.1 Å². The average molecular weight is 302 g/mol. The molecular weight excluding hydrogens is 283 g/mol. The summed E-state index contributed by atoms with van der Waals surface area (Å²) in [4.78, 5) is 6.07. The van der Waals surface area contributed by atoms with Gasteiger partial charge in [-0.1, -0.05) is 6.07 Å². The molecule has 21 heavy (non-hydrogen) atoms. The Labute approximate surface area is 128 Å². The number of halogens is 1. The zero-order chi connectivity index (χ0) is 14.4. The first kappa shape index (κ1) is 13.4. The molecule has 2 aliphatic carbocycles. The van der Waals surface area contributed by atoms with Crippen LogP contribution in [0.25, 0.3) is 10.6 Å². The summed E-state index contributed by atoms with van der Waals surface area (Å²) in [6.45, 7) is 2.80. The number of hydrogen-bond acceptors (Lipinski definition) is 3. The minimum absolute atomic E-state index is 0.159. The summed E-state index contributed by atoms with van der Waals surface area (Å²) in [6, 6.07) is 6.10. The van der Waals surface area contributed by atoms with Gasteiger partial charge in [-0.15, -0.1) is 11.3 Å². The van der Waals surface area contributed by atoms with Crippen molar-refractivity contribution in [2.24, 2.45) is 0 Å². The van der Waals surface area contributed by atoms with E-state index in [1.165, 1.54) is 36.3 Å². The molecular formula is C17H19FN2S. The predicted molar refractivity (Wildman–Crippen MR) is 84.1 cm³/mol. The molecule has 110 valence electrons. The van der Waals surface area contributed by atoms with E-state index in [9.17, 15) is 4.39 Å². The lowest BCUT2D eigenvalue weighted by Gasteiger charge is -2.01. The molecule has 2 nitrogen and oxygen atoms in total. The highest BCUT2D eigenvalue weighted by atomic mass is 32.1. The summed E-state index contributed by atoms with van der Waals surface area (Å²) >= 11 is 1.66.